The van der Waals surface area contributed by atoms with Crippen molar-refractivity contribution in [1.82, 2.24) is 9.62 Å². The zero-order valence-electron chi connectivity index (χ0n) is 15.4. The maximum atomic E-state index is 14.1. The smallest absolute Gasteiger partial charge is 0.304 e. The minimum Gasteiger partial charge on any atom is -0.354 e. The molecule has 0 aliphatic heterocycles. The zero-order valence-corrected chi connectivity index (χ0v) is 17.8. The fourth-order valence-corrected chi connectivity index (χ4v) is 4.18. The lowest BCUT2D eigenvalue weighted by Crippen LogP contribution is -2.46. The molecule has 28 heavy (non-hydrogen) atoms. The highest BCUT2D eigenvalue weighted by Crippen LogP contribution is 2.23. The van der Waals surface area contributed by atoms with Gasteiger partial charge in [-0.3, -0.25) is 4.79 Å². The summed E-state index contributed by atoms with van der Waals surface area (Å²) in [6.07, 6.45) is 0. The van der Waals surface area contributed by atoms with Crippen LogP contribution < -0.4 is 9.62 Å². The molecule has 0 aliphatic rings. The maximum absolute atomic E-state index is 14.1. The van der Waals surface area contributed by atoms with Crippen molar-refractivity contribution in [2.45, 2.75) is 4.90 Å². The Morgan fingerprint density at radius 1 is 1.14 bits per heavy atom. The van der Waals surface area contributed by atoms with E-state index >= 15 is 0 Å². The van der Waals surface area contributed by atoms with Crippen LogP contribution in [0.3, 0.4) is 0 Å². The molecule has 0 saturated carbocycles. The number of carbonyl (C=O) groups is 1. The molecule has 0 unspecified atom stereocenters. The van der Waals surface area contributed by atoms with Gasteiger partial charge in [-0.15, -0.1) is 11.8 Å². The van der Waals surface area contributed by atoms with Gasteiger partial charge in [-0.1, -0.05) is 23.7 Å². The first-order valence-corrected chi connectivity index (χ1v) is 11.1. The predicted molar refractivity (Wildman–Crippen MR) is 112 cm³/mol. The molecule has 0 aromatic heterocycles. The van der Waals surface area contributed by atoms with Crippen LogP contribution in [0.2, 0.25) is 5.02 Å². The quantitative estimate of drug-likeness (QED) is 0.476. The third-order valence-electron chi connectivity index (χ3n) is 3.65. The van der Waals surface area contributed by atoms with E-state index in [1.807, 2.05) is 12.1 Å². The van der Waals surface area contributed by atoms with Gasteiger partial charge < -0.3 is 5.32 Å². The van der Waals surface area contributed by atoms with Gasteiger partial charge in [-0.25, -0.2) is 8.70 Å². The molecule has 0 atom stereocenters. The molecule has 1 N–H and O–H groups in total. The van der Waals surface area contributed by atoms with Crippen LogP contribution >= 0.6 is 23.4 Å². The molecule has 0 spiro atoms. The Labute approximate surface area is 173 Å². The molecule has 2 aromatic carbocycles. The van der Waals surface area contributed by atoms with Gasteiger partial charge in [0.25, 0.3) is 0 Å². The number of anilines is 1. The van der Waals surface area contributed by atoms with E-state index in [0.29, 0.717) is 17.3 Å². The molecule has 2 rings (SSSR count). The number of carbonyl (C=O) groups excluding carboxylic acids is 1. The summed E-state index contributed by atoms with van der Waals surface area (Å²) in [6.45, 7) is -0.188. The van der Waals surface area contributed by atoms with Crippen molar-refractivity contribution in [3.8, 4) is 0 Å². The van der Waals surface area contributed by atoms with Gasteiger partial charge >= 0.3 is 10.2 Å². The Hall–Kier alpha value is -1.81. The minimum absolute atomic E-state index is 0.179. The maximum Gasteiger partial charge on any atom is 0.304 e. The molecule has 152 valence electrons. The van der Waals surface area contributed by atoms with E-state index in [9.17, 15) is 17.6 Å². The second-order valence-electron chi connectivity index (χ2n) is 5.90. The van der Waals surface area contributed by atoms with Crippen molar-refractivity contribution in [1.29, 1.82) is 0 Å². The Balaban J connectivity index is 1.98. The summed E-state index contributed by atoms with van der Waals surface area (Å²) >= 11 is 7.36. The fourth-order valence-electron chi connectivity index (χ4n) is 2.22. The van der Waals surface area contributed by atoms with E-state index < -0.39 is 28.5 Å². The number of hydrogen-bond donors (Lipinski definition) is 1. The molecule has 0 heterocycles. The topological polar surface area (TPSA) is 69.7 Å². The van der Waals surface area contributed by atoms with Crippen LogP contribution in [0.25, 0.3) is 0 Å². The van der Waals surface area contributed by atoms with Crippen molar-refractivity contribution in [3.05, 3.63) is 59.4 Å². The summed E-state index contributed by atoms with van der Waals surface area (Å²) in [7, 11) is -1.39. The lowest BCUT2D eigenvalue weighted by atomic mass is 10.3. The van der Waals surface area contributed by atoms with Gasteiger partial charge in [-0.2, -0.15) is 12.7 Å². The number of rotatable bonds is 9. The van der Waals surface area contributed by atoms with E-state index in [2.05, 4.69) is 5.32 Å². The van der Waals surface area contributed by atoms with Gasteiger partial charge in [0.1, 0.15) is 12.4 Å². The number of para-hydroxylation sites is 1. The van der Waals surface area contributed by atoms with Crippen molar-refractivity contribution < 1.29 is 17.6 Å². The van der Waals surface area contributed by atoms with Crippen LogP contribution in [0.1, 0.15) is 0 Å². The molecular formula is C18H21ClFN3O3S2. The second-order valence-corrected chi connectivity index (χ2v) is 9.57. The lowest BCUT2D eigenvalue weighted by Gasteiger charge is -2.27. The molecule has 0 aliphatic carbocycles. The van der Waals surface area contributed by atoms with E-state index in [1.54, 1.807) is 12.1 Å². The standard InChI is InChI=1S/C18H21ClFN3O3S2/c1-22(2)28(25,26)23(17-6-4-3-5-16(17)20)13-18(24)21-11-12-27-15-9-7-14(19)8-10-15/h3-10H,11-13H2,1-2H3,(H,21,24). The third kappa shape index (κ3) is 6.10. The first-order valence-electron chi connectivity index (χ1n) is 8.31. The van der Waals surface area contributed by atoms with Gasteiger partial charge in [0.15, 0.2) is 0 Å². The Morgan fingerprint density at radius 2 is 1.79 bits per heavy atom. The van der Waals surface area contributed by atoms with Crippen molar-refractivity contribution >= 4 is 45.2 Å². The van der Waals surface area contributed by atoms with Crippen LogP contribution in [0.15, 0.2) is 53.4 Å². The minimum atomic E-state index is -4.04. The van der Waals surface area contributed by atoms with Crippen molar-refractivity contribution in [2.24, 2.45) is 0 Å². The first-order chi connectivity index (χ1) is 13.2. The monoisotopic (exact) mass is 445 g/mol. The van der Waals surface area contributed by atoms with Gasteiger partial charge in [0.05, 0.1) is 5.69 Å². The first kappa shape index (κ1) is 22.5. The number of thioether (sulfide) groups is 1. The number of amides is 1. The number of hydrogen-bond acceptors (Lipinski definition) is 4. The molecule has 0 fully saturated rings. The average molecular weight is 446 g/mol. The second kappa shape index (κ2) is 10.1. The molecular weight excluding hydrogens is 425 g/mol. The number of halogens is 2. The van der Waals surface area contributed by atoms with Crippen LogP contribution in [-0.4, -0.2) is 51.6 Å². The Bertz CT molecular complexity index is 909. The summed E-state index contributed by atoms with van der Waals surface area (Å²) in [5.74, 6) is -0.655. The predicted octanol–water partition coefficient (Wildman–Crippen LogP) is 3.00. The summed E-state index contributed by atoms with van der Waals surface area (Å²) in [5, 5.41) is 3.31. The van der Waals surface area contributed by atoms with E-state index in [4.69, 9.17) is 11.6 Å². The largest absolute Gasteiger partial charge is 0.354 e. The fraction of sp³-hybridized carbons (Fsp3) is 0.278. The number of nitrogens with zero attached hydrogens (tertiary/aromatic N) is 2. The molecule has 0 radical (unpaired) electrons. The highest BCUT2D eigenvalue weighted by Gasteiger charge is 2.29. The van der Waals surface area contributed by atoms with Crippen molar-refractivity contribution in [2.75, 3.05) is 37.2 Å². The van der Waals surface area contributed by atoms with E-state index in [1.165, 1.54) is 44.1 Å². The van der Waals surface area contributed by atoms with Crippen LogP contribution in [0.4, 0.5) is 10.1 Å². The molecule has 0 bridgehead atoms. The van der Waals surface area contributed by atoms with Crippen LogP contribution in [0, 0.1) is 5.82 Å². The molecule has 2 aromatic rings. The van der Waals surface area contributed by atoms with Crippen molar-refractivity contribution in [3.63, 3.8) is 0 Å². The SMILES string of the molecule is CN(C)S(=O)(=O)N(CC(=O)NCCSc1ccc(Cl)cc1)c1ccccc1F. The number of nitrogens with one attached hydrogen (secondary N) is 1. The molecule has 0 saturated heterocycles. The molecule has 6 nitrogen and oxygen atoms in total. The average Bonchev–Trinajstić information content (AvgIpc) is 2.65. The van der Waals surface area contributed by atoms with Gasteiger partial charge in [0.2, 0.25) is 5.91 Å². The van der Waals surface area contributed by atoms with Gasteiger partial charge in [-0.05, 0) is 36.4 Å². The van der Waals surface area contributed by atoms with Gasteiger partial charge in [0, 0.05) is 36.3 Å². The summed E-state index contributed by atoms with van der Waals surface area (Å²) in [5.41, 5.74) is -0.179. The molecule has 1 amide bonds. The highest BCUT2D eigenvalue weighted by molar-refractivity contribution is 7.99. The summed E-state index contributed by atoms with van der Waals surface area (Å²) in [6, 6.07) is 12.7. The zero-order chi connectivity index (χ0) is 20.7. The Kier molecular flexibility index (Phi) is 8.11. The van der Waals surface area contributed by atoms with E-state index in [0.717, 1.165) is 19.6 Å². The normalized spacial score (nSPS) is 11.5. The molecule has 10 heteroatoms. The Morgan fingerprint density at radius 3 is 2.39 bits per heavy atom. The lowest BCUT2D eigenvalue weighted by molar-refractivity contribution is -0.119. The third-order valence-corrected chi connectivity index (χ3v) is 6.73. The van der Waals surface area contributed by atoms with E-state index in [-0.39, 0.29) is 5.69 Å². The summed E-state index contributed by atoms with van der Waals surface area (Å²) in [4.78, 5) is 13.3. The van der Waals surface area contributed by atoms with Crippen LogP contribution in [0.5, 0.6) is 0 Å². The highest BCUT2D eigenvalue weighted by atomic mass is 35.5. The summed E-state index contributed by atoms with van der Waals surface area (Å²) < 4.78 is 40.9. The van der Waals surface area contributed by atoms with Crippen LogP contribution in [-0.2, 0) is 15.0 Å². The number of benzene rings is 2.